The number of aryl methyl sites for hydroxylation is 1. The lowest BCUT2D eigenvalue weighted by atomic mass is 10.2. The minimum absolute atomic E-state index is 0.115. The molecule has 0 atom stereocenters. The predicted molar refractivity (Wildman–Crippen MR) is 98.1 cm³/mol. The molecule has 0 aromatic heterocycles. The molecule has 0 aliphatic rings. The lowest BCUT2D eigenvalue weighted by Crippen LogP contribution is -2.36. The first-order chi connectivity index (χ1) is 11.8. The third kappa shape index (κ3) is 5.88. The molecular weight excluding hydrogens is 340 g/mol. The van der Waals surface area contributed by atoms with Crippen molar-refractivity contribution in [3.05, 3.63) is 59.7 Å². The smallest absolute Gasteiger partial charge is 0.239 e. The Morgan fingerprint density at radius 1 is 1.16 bits per heavy atom. The van der Waals surface area contributed by atoms with Crippen LogP contribution in [0.1, 0.15) is 11.1 Å². The fraction of sp³-hybridized carbons (Fsp3) is 0.278. The zero-order valence-corrected chi connectivity index (χ0v) is 15.3. The summed E-state index contributed by atoms with van der Waals surface area (Å²) in [5, 5.41) is 2.72. The number of nitrogens with one attached hydrogen (secondary N) is 1. The molecule has 6 nitrogen and oxygen atoms in total. The minimum atomic E-state index is -3.53. The van der Waals surface area contributed by atoms with E-state index in [2.05, 4.69) is 5.32 Å². The van der Waals surface area contributed by atoms with E-state index in [1.54, 1.807) is 37.4 Å². The fourth-order valence-corrected chi connectivity index (χ4v) is 3.04. The van der Waals surface area contributed by atoms with E-state index in [1.807, 2.05) is 25.1 Å². The van der Waals surface area contributed by atoms with Crippen LogP contribution in [0, 0.1) is 6.92 Å². The monoisotopic (exact) mass is 362 g/mol. The van der Waals surface area contributed by atoms with Crippen molar-refractivity contribution in [2.24, 2.45) is 0 Å². The van der Waals surface area contributed by atoms with Crippen LogP contribution in [-0.2, 0) is 21.4 Å². The molecule has 0 unspecified atom stereocenters. The third-order valence-corrected chi connectivity index (χ3v) is 4.81. The summed E-state index contributed by atoms with van der Waals surface area (Å²) in [6.07, 6.45) is 1.09. The number of benzene rings is 2. The zero-order chi connectivity index (χ0) is 18.4. The molecule has 0 fully saturated rings. The van der Waals surface area contributed by atoms with E-state index in [1.165, 1.54) is 0 Å². The van der Waals surface area contributed by atoms with Gasteiger partial charge in [-0.1, -0.05) is 24.3 Å². The largest absolute Gasteiger partial charge is 0.497 e. The normalized spacial score (nSPS) is 11.4. The number of sulfonamides is 1. The summed E-state index contributed by atoms with van der Waals surface area (Å²) in [6.45, 7) is 1.78. The highest BCUT2D eigenvalue weighted by atomic mass is 32.2. The highest BCUT2D eigenvalue weighted by Gasteiger charge is 2.20. The summed E-state index contributed by atoms with van der Waals surface area (Å²) in [4.78, 5) is 12.2. The average molecular weight is 362 g/mol. The second-order valence-corrected chi connectivity index (χ2v) is 7.78. The van der Waals surface area contributed by atoms with Gasteiger partial charge in [0.15, 0.2) is 0 Å². The van der Waals surface area contributed by atoms with Gasteiger partial charge >= 0.3 is 0 Å². The van der Waals surface area contributed by atoms with Crippen molar-refractivity contribution >= 4 is 21.6 Å². The topological polar surface area (TPSA) is 75.7 Å². The molecule has 0 radical (unpaired) electrons. The number of anilines is 1. The molecular formula is C18H22N2O4S. The van der Waals surface area contributed by atoms with Gasteiger partial charge in [0.05, 0.1) is 19.9 Å². The summed E-state index contributed by atoms with van der Waals surface area (Å²) in [5.74, 6) is 0.302. The van der Waals surface area contributed by atoms with Crippen LogP contribution in [0.25, 0.3) is 0 Å². The number of carbonyl (C=O) groups is 1. The number of rotatable bonds is 7. The van der Waals surface area contributed by atoms with E-state index >= 15 is 0 Å². The van der Waals surface area contributed by atoms with E-state index in [9.17, 15) is 13.2 Å². The van der Waals surface area contributed by atoms with Gasteiger partial charge in [-0.2, -0.15) is 4.31 Å². The van der Waals surface area contributed by atoms with Crippen LogP contribution < -0.4 is 10.1 Å². The number of carbonyl (C=O) groups excluding carboxylic acids is 1. The predicted octanol–water partition coefficient (Wildman–Crippen LogP) is 2.40. The Balaban J connectivity index is 2.08. The molecule has 134 valence electrons. The van der Waals surface area contributed by atoms with Crippen LogP contribution >= 0.6 is 0 Å². The maximum Gasteiger partial charge on any atom is 0.239 e. The van der Waals surface area contributed by atoms with Gasteiger partial charge in [0.1, 0.15) is 5.75 Å². The third-order valence-electron chi connectivity index (χ3n) is 3.61. The van der Waals surface area contributed by atoms with Crippen molar-refractivity contribution in [2.45, 2.75) is 13.5 Å². The minimum Gasteiger partial charge on any atom is -0.497 e. The van der Waals surface area contributed by atoms with E-state index in [-0.39, 0.29) is 19.0 Å². The zero-order valence-electron chi connectivity index (χ0n) is 14.5. The first-order valence-electron chi connectivity index (χ1n) is 7.72. The number of ether oxygens (including phenoxy) is 1. The first kappa shape index (κ1) is 19.0. The van der Waals surface area contributed by atoms with Gasteiger partial charge in [0, 0.05) is 12.2 Å². The number of nitrogens with zero attached hydrogens (tertiary/aromatic N) is 1. The SMILES string of the molecule is COc1ccc(CN(CC(=O)Nc2cccc(C)c2)S(C)(=O)=O)cc1. The summed E-state index contributed by atoms with van der Waals surface area (Å²) >= 11 is 0. The van der Waals surface area contributed by atoms with E-state index in [0.29, 0.717) is 11.4 Å². The van der Waals surface area contributed by atoms with E-state index < -0.39 is 10.0 Å². The molecule has 0 saturated heterocycles. The van der Waals surface area contributed by atoms with Gasteiger partial charge in [0.2, 0.25) is 15.9 Å². The first-order valence-corrected chi connectivity index (χ1v) is 9.57. The van der Waals surface area contributed by atoms with Gasteiger partial charge in [-0.05, 0) is 42.3 Å². The van der Waals surface area contributed by atoms with Crippen LogP contribution in [0.4, 0.5) is 5.69 Å². The molecule has 2 aromatic rings. The van der Waals surface area contributed by atoms with Crippen molar-refractivity contribution in [1.29, 1.82) is 0 Å². The van der Waals surface area contributed by atoms with Crippen LogP contribution in [0.15, 0.2) is 48.5 Å². The summed E-state index contributed by atoms with van der Waals surface area (Å²) in [6, 6.07) is 14.4. The molecule has 2 rings (SSSR count). The number of hydrogen-bond donors (Lipinski definition) is 1. The molecule has 1 N–H and O–H groups in total. The molecule has 2 aromatic carbocycles. The lowest BCUT2D eigenvalue weighted by Gasteiger charge is -2.20. The van der Waals surface area contributed by atoms with Crippen LogP contribution in [-0.4, -0.2) is 38.5 Å². The number of hydrogen-bond acceptors (Lipinski definition) is 4. The summed E-state index contributed by atoms with van der Waals surface area (Å²) in [5.41, 5.74) is 2.42. The molecule has 0 aliphatic carbocycles. The highest BCUT2D eigenvalue weighted by molar-refractivity contribution is 7.88. The van der Waals surface area contributed by atoms with Gasteiger partial charge in [0.25, 0.3) is 0 Å². The van der Waals surface area contributed by atoms with Gasteiger partial charge in [-0.15, -0.1) is 0 Å². The van der Waals surface area contributed by atoms with Gasteiger partial charge in [-0.25, -0.2) is 8.42 Å². The van der Waals surface area contributed by atoms with Crippen molar-refractivity contribution in [3.63, 3.8) is 0 Å². The summed E-state index contributed by atoms with van der Waals surface area (Å²) in [7, 11) is -1.97. The molecule has 0 aliphatic heterocycles. The van der Waals surface area contributed by atoms with Crippen LogP contribution in [0.2, 0.25) is 0 Å². The maximum atomic E-state index is 12.2. The van der Waals surface area contributed by atoms with Crippen molar-refractivity contribution < 1.29 is 17.9 Å². The van der Waals surface area contributed by atoms with E-state index in [4.69, 9.17) is 4.74 Å². The van der Waals surface area contributed by atoms with Gasteiger partial charge < -0.3 is 10.1 Å². The quantitative estimate of drug-likeness (QED) is 0.821. The Bertz CT molecular complexity index is 832. The van der Waals surface area contributed by atoms with Crippen molar-refractivity contribution in [2.75, 3.05) is 25.2 Å². The Morgan fingerprint density at radius 2 is 1.84 bits per heavy atom. The molecule has 1 amide bonds. The highest BCUT2D eigenvalue weighted by Crippen LogP contribution is 2.15. The lowest BCUT2D eigenvalue weighted by molar-refractivity contribution is -0.116. The Hall–Kier alpha value is -2.38. The van der Waals surface area contributed by atoms with Crippen molar-refractivity contribution in [3.8, 4) is 5.75 Å². The van der Waals surface area contributed by atoms with E-state index in [0.717, 1.165) is 21.7 Å². The van der Waals surface area contributed by atoms with Crippen molar-refractivity contribution in [1.82, 2.24) is 4.31 Å². The summed E-state index contributed by atoms with van der Waals surface area (Å²) < 4.78 is 30.3. The number of methoxy groups -OCH3 is 1. The Morgan fingerprint density at radius 3 is 2.40 bits per heavy atom. The standard InChI is InChI=1S/C18H22N2O4S/c1-14-5-4-6-16(11-14)19-18(21)13-20(25(3,22)23)12-15-7-9-17(24-2)10-8-15/h4-11H,12-13H2,1-3H3,(H,19,21). The molecule has 0 bridgehead atoms. The molecule has 0 saturated carbocycles. The maximum absolute atomic E-state index is 12.2. The average Bonchev–Trinajstić information content (AvgIpc) is 2.54. The van der Waals surface area contributed by atoms with Gasteiger partial charge in [-0.3, -0.25) is 4.79 Å². The molecule has 7 heteroatoms. The molecule has 25 heavy (non-hydrogen) atoms. The second-order valence-electron chi connectivity index (χ2n) is 5.80. The molecule has 0 spiro atoms. The Kier molecular flexibility index (Phi) is 6.17. The molecule has 0 heterocycles. The second kappa shape index (κ2) is 8.13. The van der Waals surface area contributed by atoms with Crippen LogP contribution in [0.3, 0.4) is 0 Å². The van der Waals surface area contributed by atoms with Crippen LogP contribution in [0.5, 0.6) is 5.75 Å². The number of amides is 1. The Labute approximate surface area is 148 Å². The fourth-order valence-electron chi connectivity index (χ4n) is 2.31.